The molecule has 11 heteroatoms. The largest absolute Gasteiger partial charge is 0.435 e. The molecule has 1 aliphatic rings. The van der Waals surface area contributed by atoms with E-state index in [4.69, 9.17) is 0 Å². The molecule has 7 nitrogen and oxygen atoms in total. The number of rotatable bonds is 8. The Labute approximate surface area is 246 Å². The molecule has 0 N–H and O–H groups in total. The number of nitriles is 1. The molecule has 0 aliphatic carbocycles. The first-order valence-electron chi connectivity index (χ1n) is 13.4. The van der Waals surface area contributed by atoms with Crippen molar-refractivity contribution in [3.05, 3.63) is 105 Å². The Bertz CT molecular complexity index is 1630. The van der Waals surface area contributed by atoms with Crippen molar-refractivity contribution in [2.75, 3.05) is 27.2 Å². The molecule has 0 bridgehead atoms. The van der Waals surface area contributed by atoms with Gasteiger partial charge in [0.25, 0.3) is 0 Å². The number of alkyl halides is 3. The SMILES string of the molecule is CN(C)C/C=C/C(=O)N1Cc2sc(C#N)cc2[C@H](c2ccccc2-c2cn(CCc3ccccn3)nc2C(F)(F)F)C1. The van der Waals surface area contributed by atoms with Crippen LogP contribution in [0.5, 0.6) is 0 Å². The number of pyridine rings is 1. The molecule has 1 aliphatic heterocycles. The van der Waals surface area contributed by atoms with Gasteiger partial charge in [0.2, 0.25) is 5.91 Å². The lowest BCUT2D eigenvalue weighted by Crippen LogP contribution is -2.37. The van der Waals surface area contributed by atoms with Gasteiger partial charge in [0.05, 0.1) is 6.54 Å². The number of fused-ring (bicyclic) bond motifs is 1. The third-order valence-corrected chi connectivity index (χ3v) is 8.13. The second kappa shape index (κ2) is 12.3. The van der Waals surface area contributed by atoms with Gasteiger partial charge < -0.3 is 9.80 Å². The van der Waals surface area contributed by atoms with Gasteiger partial charge in [0.1, 0.15) is 10.9 Å². The molecule has 0 fully saturated rings. The topological polar surface area (TPSA) is 78.0 Å². The average Bonchev–Trinajstić information content (AvgIpc) is 3.60. The summed E-state index contributed by atoms with van der Waals surface area (Å²) in [5, 5.41) is 13.6. The minimum absolute atomic E-state index is 0.0225. The molecule has 0 unspecified atom stereocenters. The van der Waals surface area contributed by atoms with Crippen molar-refractivity contribution < 1.29 is 18.0 Å². The molecule has 1 amide bonds. The van der Waals surface area contributed by atoms with E-state index in [0.29, 0.717) is 35.5 Å². The number of aryl methyl sites for hydroxylation is 2. The van der Waals surface area contributed by atoms with Gasteiger partial charge in [-0.05, 0) is 49.0 Å². The fourth-order valence-corrected chi connectivity index (χ4v) is 6.18. The van der Waals surface area contributed by atoms with Gasteiger partial charge in [-0.25, -0.2) is 0 Å². The summed E-state index contributed by atoms with van der Waals surface area (Å²) in [6.45, 7) is 1.43. The van der Waals surface area contributed by atoms with Crippen molar-refractivity contribution in [2.45, 2.75) is 31.6 Å². The number of nitrogens with zero attached hydrogens (tertiary/aromatic N) is 6. The van der Waals surface area contributed by atoms with Crippen LogP contribution in [0.2, 0.25) is 0 Å². The Morgan fingerprint density at radius 3 is 2.67 bits per heavy atom. The first-order valence-corrected chi connectivity index (χ1v) is 14.2. The molecule has 0 saturated carbocycles. The highest BCUT2D eigenvalue weighted by Gasteiger charge is 2.39. The molecule has 1 atom stereocenters. The van der Waals surface area contributed by atoms with Gasteiger partial charge in [-0.2, -0.15) is 23.5 Å². The second-order valence-electron chi connectivity index (χ2n) is 10.3. The number of hydrogen-bond acceptors (Lipinski definition) is 6. The normalized spacial score (nSPS) is 15.3. The van der Waals surface area contributed by atoms with Crippen LogP contribution in [-0.2, 0) is 30.5 Å². The summed E-state index contributed by atoms with van der Waals surface area (Å²) < 4.78 is 44.3. The number of benzene rings is 1. The zero-order valence-electron chi connectivity index (χ0n) is 23.2. The van der Waals surface area contributed by atoms with Crippen molar-refractivity contribution in [1.82, 2.24) is 24.6 Å². The van der Waals surface area contributed by atoms with Crippen molar-refractivity contribution in [2.24, 2.45) is 0 Å². The average molecular weight is 591 g/mol. The first-order chi connectivity index (χ1) is 20.1. The molecule has 42 heavy (non-hydrogen) atoms. The number of carbonyl (C=O) groups is 1. The summed E-state index contributed by atoms with van der Waals surface area (Å²) in [5.74, 6) is -0.609. The molecular weight excluding hydrogens is 561 g/mol. The summed E-state index contributed by atoms with van der Waals surface area (Å²) in [7, 11) is 3.81. The van der Waals surface area contributed by atoms with Crippen LogP contribution in [0.25, 0.3) is 11.1 Å². The summed E-state index contributed by atoms with van der Waals surface area (Å²) in [6, 6.07) is 16.4. The molecular formula is C31H29F3N6OS. The Balaban J connectivity index is 1.54. The van der Waals surface area contributed by atoms with E-state index >= 15 is 0 Å². The lowest BCUT2D eigenvalue weighted by atomic mass is 9.83. The predicted octanol–water partition coefficient (Wildman–Crippen LogP) is 5.73. The molecule has 216 valence electrons. The van der Waals surface area contributed by atoms with E-state index in [1.165, 1.54) is 28.3 Å². The first kappa shape index (κ1) is 29.2. The fraction of sp³-hybridized carbons (Fsp3) is 0.290. The molecule has 4 heterocycles. The maximum Gasteiger partial charge on any atom is 0.435 e. The van der Waals surface area contributed by atoms with Crippen LogP contribution >= 0.6 is 11.3 Å². The second-order valence-corrected chi connectivity index (χ2v) is 11.5. The van der Waals surface area contributed by atoms with E-state index in [2.05, 4.69) is 16.2 Å². The van der Waals surface area contributed by atoms with Crippen LogP contribution in [-0.4, -0.2) is 57.7 Å². The van der Waals surface area contributed by atoms with Crippen LogP contribution in [0.3, 0.4) is 0 Å². The van der Waals surface area contributed by atoms with Gasteiger partial charge in [-0.1, -0.05) is 36.4 Å². The Morgan fingerprint density at radius 1 is 1.17 bits per heavy atom. The quantitative estimate of drug-likeness (QED) is 0.245. The monoisotopic (exact) mass is 590 g/mol. The fourth-order valence-electron chi connectivity index (χ4n) is 5.14. The molecule has 5 rings (SSSR count). The van der Waals surface area contributed by atoms with Crippen LogP contribution in [0.1, 0.15) is 38.2 Å². The number of hydrogen-bond donors (Lipinski definition) is 0. The zero-order valence-corrected chi connectivity index (χ0v) is 24.0. The number of likely N-dealkylation sites (N-methyl/N-ethyl adjacent to an activating group) is 1. The highest BCUT2D eigenvalue weighted by atomic mass is 32.1. The van der Waals surface area contributed by atoms with Crippen LogP contribution in [0.4, 0.5) is 13.2 Å². The van der Waals surface area contributed by atoms with Crippen molar-refractivity contribution in [3.63, 3.8) is 0 Å². The molecule has 0 spiro atoms. The molecule has 3 aromatic heterocycles. The zero-order chi connectivity index (χ0) is 29.9. The predicted molar refractivity (Wildman–Crippen MR) is 155 cm³/mol. The molecule has 0 saturated heterocycles. The number of amides is 1. The summed E-state index contributed by atoms with van der Waals surface area (Å²) in [6.07, 6.45) is 2.15. The number of halogens is 3. The number of thiophene rings is 1. The van der Waals surface area contributed by atoms with Gasteiger partial charge in [0, 0.05) is 66.6 Å². The standard InChI is InChI=1S/C31H29F3N6OS/c1-38(2)14-7-11-29(41)39-18-26(25-16-22(17-35)42-28(25)20-39)23-9-3-4-10-24(23)27-19-40(37-30(27)31(32,33)34)15-12-21-8-5-6-13-36-21/h3-11,13,16,19,26H,12,14-15,18,20H2,1-2H3/b11-7+/t26-/m0/s1. The number of carbonyl (C=O) groups excluding carboxylic acids is 1. The van der Waals surface area contributed by atoms with E-state index in [0.717, 1.165) is 16.1 Å². The maximum atomic E-state index is 14.3. The van der Waals surface area contributed by atoms with E-state index in [9.17, 15) is 23.2 Å². The van der Waals surface area contributed by atoms with Gasteiger partial charge in [-0.15, -0.1) is 11.3 Å². The molecule has 4 aromatic rings. The van der Waals surface area contributed by atoms with Crippen molar-refractivity contribution >= 4 is 17.2 Å². The highest BCUT2D eigenvalue weighted by Crippen LogP contribution is 2.44. The molecule has 0 radical (unpaired) electrons. The van der Waals surface area contributed by atoms with Gasteiger partial charge in [-0.3, -0.25) is 14.5 Å². The van der Waals surface area contributed by atoms with Crippen LogP contribution in [0, 0.1) is 11.3 Å². The van der Waals surface area contributed by atoms with Crippen LogP contribution < -0.4 is 0 Å². The Hall–Kier alpha value is -4.27. The van der Waals surface area contributed by atoms with E-state index in [1.807, 2.05) is 31.1 Å². The van der Waals surface area contributed by atoms with E-state index < -0.39 is 17.8 Å². The number of aromatic nitrogens is 3. The maximum absolute atomic E-state index is 14.3. The van der Waals surface area contributed by atoms with E-state index in [1.54, 1.807) is 53.6 Å². The summed E-state index contributed by atoms with van der Waals surface area (Å²) in [5.41, 5.74) is 1.67. The Kier molecular flexibility index (Phi) is 8.56. The molecule has 1 aromatic carbocycles. The van der Waals surface area contributed by atoms with Gasteiger partial charge in [0.15, 0.2) is 5.69 Å². The van der Waals surface area contributed by atoms with Crippen molar-refractivity contribution in [1.29, 1.82) is 5.26 Å². The minimum Gasteiger partial charge on any atom is -0.333 e. The third-order valence-electron chi connectivity index (χ3n) is 7.09. The Morgan fingerprint density at radius 2 is 1.95 bits per heavy atom. The lowest BCUT2D eigenvalue weighted by Gasteiger charge is -2.33. The smallest absolute Gasteiger partial charge is 0.333 e. The third kappa shape index (κ3) is 6.45. The van der Waals surface area contributed by atoms with Gasteiger partial charge >= 0.3 is 6.18 Å². The summed E-state index contributed by atoms with van der Waals surface area (Å²) >= 11 is 1.31. The minimum atomic E-state index is -4.67. The van der Waals surface area contributed by atoms with Crippen LogP contribution in [0.15, 0.2) is 73.1 Å². The van der Waals surface area contributed by atoms with Crippen molar-refractivity contribution in [3.8, 4) is 17.2 Å². The lowest BCUT2D eigenvalue weighted by molar-refractivity contribution is -0.141. The summed E-state index contributed by atoms with van der Waals surface area (Å²) in [4.78, 5) is 22.4. The van der Waals surface area contributed by atoms with E-state index in [-0.39, 0.29) is 24.6 Å². The highest BCUT2D eigenvalue weighted by molar-refractivity contribution is 7.12.